The number of aromatic nitrogens is 3. The largest absolute Gasteiger partial charge is 0.376 e. The van der Waals surface area contributed by atoms with E-state index in [2.05, 4.69) is 39.1 Å². The summed E-state index contributed by atoms with van der Waals surface area (Å²) in [6.07, 6.45) is 3.03. The number of benzene rings is 1. The number of nitrogens with one attached hydrogen (secondary N) is 1. The zero-order valence-electron chi connectivity index (χ0n) is 14.5. The molecule has 0 radical (unpaired) electrons. The zero-order valence-corrected chi connectivity index (χ0v) is 15.3. The van der Waals surface area contributed by atoms with Gasteiger partial charge in [-0.3, -0.25) is 4.79 Å². The van der Waals surface area contributed by atoms with Crippen molar-refractivity contribution >= 4 is 17.7 Å². The summed E-state index contributed by atoms with van der Waals surface area (Å²) in [4.78, 5) is 12.0. The normalized spacial score (nSPS) is 16.9. The smallest absolute Gasteiger partial charge is 0.230 e. The summed E-state index contributed by atoms with van der Waals surface area (Å²) in [5.41, 5.74) is 1.20. The van der Waals surface area contributed by atoms with Crippen molar-refractivity contribution in [3.05, 3.63) is 41.7 Å². The number of nitrogens with zero attached hydrogens (tertiary/aromatic N) is 3. The van der Waals surface area contributed by atoms with Crippen LogP contribution in [0.25, 0.3) is 0 Å². The van der Waals surface area contributed by atoms with E-state index in [1.807, 2.05) is 18.2 Å². The van der Waals surface area contributed by atoms with Crippen LogP contribution in [0.2, 0.25) is 0 Å². The van der Waals surface area contributed by atoms with Gasteiger partial charge in [0.1, 0.15) is 5.82 Å². The van der Waals surface area contributed by atoms with E-state index >= 15 is 0 Å². The van der Waals surface area contributed by atoms with Gasteiger partial charge in [0.25, 0.3) is 0 Å². The monoisotopic (exact) mass is 360 g/mol. The molecule has 1 atom stereocenters. The topological polar surface area (TPSA) is 69.0 Å². The number of hydrogen-bond acceptors (Lipinski definition) is 5. The van der Waals surface area contributed by atoms with Crippen molar-refractivity contribution in [3.8, 4) is 0 Å². The van der Waals surface area contributed by atoms with Gasteiger partial charge in [-0.2, -0.15) is 0 Å². The van der Waals surface area contributed by atoms with Gasteiger partial charge in [-0.1, -0.05) is 42.1 Å². The lowest BCUT2D eigenvalue weighted by atomic mass is 10.1. The Morgan fingerprint density at radius 1 is 1.36 bits per heavy atom. The van der Waals surface area contributed by atoms with Crippen LogP contribution in [0, 0.1) is 0 Å². The molecule has 1 fully saturated rings. The van der Waals surface area contributed by atoms with E-state index in [9.17, 15) is 4.79 Å². The van der Waals surface area contributed by atoms with E-state index in [1.165, 1.54) is 17.3 Å². The quantitative estimate of drug-likeness (QED) is 0.732. The summed E-state index contributed by atoms with van der Waals surface area (Å²) in [6, 6.07) is 10.2. The van der Waals surface area contributed by atoms with Gasteiger partial charge < -0.3 is 14.6 Å². The van der Waals surface area contributed by atoms with Gasteiger partial charge in [0.15, 0.2) is 5.16 Å². The first-order valence-corrected chi connectivity index (χ1v) is 9.72. The average Bonchev–Trinajstić information content (AvgIpc) is 3.28. The van der Waals surface area contributed by atoms with Crippen LogP contribution in [0.4, 0.5) is 0 Å². The maximum Gasteiger partial charge on any atom is 0.230 e. The summed E-state index contributed by atoms with van der Waals surface area (Å²) in [5.74, 6) is 1.28. The SMILES string of the molecule is CCn1c(Cc2ccccc2)nnc1SCC(=O)NC[C@@H]1CCCO1. The van der Waals surface area contributed by atoms with Gasteiger partial charge in [-0.25, -0.2) is 0 Å². The predicted octanol–water partition coefficient (Wildman–Crippen LogP) is 2.28. The highest BCUT2D eigenvalue weighted by atomic mass is 32.2. The molecule has 6 nitrogen and oxygen atoms in total. The number of hydrogen-bond donors (Lipinski definition) is 1. The molecule has 1 aliphatic heterocycles. The highest BCUT2D eigenvalue weighted by Gasteiger charge is 2.17. The van der Waals surface area contributed by atoms with Crippen LogP contribution in [-0.2, 0) is 22.5 Å². The fraction of sp³-hybridized carbons (Fsp3) is 0.500. The second-order valence-electron chi connectivity index (χ2n) is 6.03. The Morgan fingerprint density at radius 3 is 2.92 bits per heavy atom. The third kappa shape index (κ3) is 5.06. The number of rotatable bonds is 8. The molecule has 0 aliphatic carbocycles. The number of ether oxygens (including phenoxy) is 1. The Bertz CT molecular complexity index is 684. The summed E-state index contributed by atoms with van der Waals surface area (Å²) in [7, 11) is 0. The molecule has 1 aromatic carbocycles. The van der Waals surface area contributed by atoms with Crippen LogP contribution in [-0.4, -0.2) is 45.7 Å². The van der Waals surface area contributed by atoms with Crippen LogP contribution < -0.4 is 5.32 Å². The Morgan fingerprint density at radius 2 is 2.20 bits per heavy atom. The highest BCUT2D eigenvalue weighted by Crippen LogP contribution is 2.19. The molecule has 1 saturated heterocycles. The lowest BCUT2D eigenvalue weighted by Gasteiger charge is -2.11. The van der Waals surface area contributed by atoms with E-state index in [-0.39, 0.29) is 12.0 Å². The molecular weight excluding hydrogens is 336 g/mol. The Labute approximate surface area is 152 Å². The maximum absolute atomic E-state index is 12.0. The number of amides is 1. The Hall–Kier alpha value is -1.86. The molecule has 3 rings (SSSR count). The van der Waals surface area contributed by atoms with Crippen molar-refractivity contribution in [3.63, 3.8) is 0 Å². The molecular formula is C18H24N4O2S. The van der Waals surface area contributed by atoms with Gasteiger partial charge >= 0.3 is 0 Å². The first-order chi connectivity index (χ1) is 12.3. The standard InChI is InChI=1S/C18H24N4O2S/c1-2-22-16(11-14-7-4-3-5-8-14)20-21-18(22)25-13-17(23)19-12-15-9-6-10-24-15/h3-5,7-8,15H,2,6,9-13H2,1H3,(H,19,23)/t15-/m0/s1. The van der Waals surface area contributed by atoms with E-state index in [0.717, 1.165) is 43.4 Å². The molecule has 1 aliphatic rings. The second kappa shape index (κ2) is 9.01. The van der Waals surface area contributed by atoms with Crippen molar-refractivity contribution in [1.82, 2.24) is 20.1 Å². The van der Waals surface area contributed by atoms with Crippen molar-refractivity contribution in [1.29, 1.82) is 0 Å². The minimum atomic E-state index is 0.00997. The average molecular weight is 360 g/mol. The van der Waals surface area contributed by atoms with Crippen LogP contribution in [0.5, 0.6) is 0 Å². The molecule has 0 bridgehead atoms. The van der Waals surface area contributed by atoms with Crippen molar-refractivity contribution in [2.24, 2.45) is 0 Å². The first-order valence-electron chi connectivity index (χ1n) is 8.73. The molecule has 7 heteroatoms. The minimum absolute atomic E-state index is 0.00997. The van der Waals surface area contributed by atoms with Gasteiger partial charge in [-0.05, 0) is 25.3 Å². The lowest BCUT2D eigenvalue weighted by Crippen LogP contribution is -2.32. The summed E-state index contributed by atoms with van der Waals surface area (Å²) >= 11 is 1.43. The third-order valence-corrected chi connectivity index (χ3v) is 5.16. The van der Waals surface area contributed by atoms with Gasteiger partial charge in [0, 0.05) is 26.1 Å². The van der Waals surface area contributed by atoms with Crippen LogP contribution in [0.1, 0.15) is 31.2 Å². The summed E-state index contributed by atoms with van der Waals surface area (Å²) < 4.78 is 7.59. The molecule has 0 spiro atoms. The van der Waals surface area contributed by atoms with Gasteiger partial charge in [-0.15, -0.1) is 10.2 Å². The van der Waals surface area contributed by atoms with E-state index in [4.69, 9.17) is 4.74 Å². The fourth-order valence-electron chi connectivity index (χ4n) is 2.87. The molecule has 0 unspecified atom stereocenters. The molecule has 2 aromatic rings. The second-order valence-corrected chi connectivity index (χ2v) is 6.98. The summed E-state index contributed by atoms with van der Waals surface area (Å²) in [6.45, 7) is 4.26. The van der Waals surface area contributed by atoms with Crippen LogP contribution in [0.3, 0.4) is 0 Å². The Kier molecular flexibility index (Phi) is 6.47. The summed E-state index contributed by atoms with van der Waals surface area (Å²) in [5, 5.41) is 12.3. The first kappa shape index (κ1) is 17.9. The Balaban J connectivity index is 1.52. The number of carbonyl (C=O) groups excluding carboxylic acids is 1. The molecule has 134 valence electrons. The van der Waals surface area contributed by atoms with Crippen molar-refractivity contribution < 1.29 is 9.53 Å². The van der Waals surface area contributed by atoms with Crippen LogP contribution >= 0.6 is 11.8 Å². The van der Waals surface area contributed by atoms with Crippen molar-refractivity contribution in [2.45, 2.75) is 44.0 Å². The third-order valence-electron chi connectivity index (χ3n) is 4.20. The van der Waals surface area contributed by atoms with E-state index in [0.29, 0.717) is 12.3 Å². The molecule has 25 heavy (non-hydrogen) atoms. The van der Waals surface area contributed by atoms with E-state index < -0.39 is 0 Å². The maximum atomic E-state index is 12.0. The van der Waals surface area contributed by atoms with Gasteiger partial charge in [0.05, 0.1) is 11.9 Å². The molecule has 1 aromatic heterocycles. The lowest BCUT2D eigenvalue weighted by molar-refractivity contribution is -0.119. The van der Waals surface area contributed by atoms with Gasteiger partial charge in [0.2, 0.25) is 5.91 Å². The minimum Gasteiger partial charge on any atom is -0.376 e. The molecule has 1 N–H and O–H groups in total. The molecule has 1 amide bonds. The highest BCUT2D eigenvalue weighted by molar-refractivity contribution is 7.99. The van der Waals surface area contributed by atoms with E-state index in [1.54, 1.807) is 0 Å². The fourth-order valence-corrected chi connectivity index (χ4v) is 3.72. The molecule has 0 saturated carbocycles. The van der Waals surface area contributed by atoms with Crippen molar-refractivity contribution in [2.75, 3.05) is 18.9 Å². The predicted molar refractivity (Wildman–Crippen MR) is 97.7 cm³/mol. The number of thioether (sulfide) groups is 1. The zero-order chi connectivity index (χ0) is 17.5. The molecule has 2 heterocycles. The number of carbonyl (C=O) groups is 1. The van der Waals surface area contributed by atoms with Crippen LogP contribution in [0.15, 0.2) is 35.5 Å².